The molecule has 0 bridgehead atoms. The molecule has 2 atom stereocenters. The number of halogens is 1. The molecule has 1 rings (SSSR count). The fraction of sp³-hybridized carbons (Fsp3) is 0.500. The maximum atomic E-state index is 12.2. The summed E-state index contributed by atoms with van der Waals surface area (Å²) in [5.41, 5.74) is 0.796. The minimum Gasteiger partial charge on any atom is -0.293 e. The van der Waals surface area contributed by atoms with Crippen molar-refractivity contribution in [3.8, 4) is 0 Å². The molecule has 17 heavy (non-hydrogen) atoms. The third-order valence-electron chi connectivity index (χ3n) is 2.86. The van der Waals surface area contributed by atoms with Crippen LogP contribution >= 0.6 is 27.7 Å². The fourth-order valence-corrected chi connectivity index (χ4v) is 2.87. The van der Waals surface area contributed by atoms with Crippen molar-refractivity contribution in [3.05, 3.63) is 34.3 Å². The average molecular weight is 315 g/mol. The Morgan fingerprint density at radius 1 is 1.12 bits per heavy atom. The van der Waals surface area contributed by atoms with E-state index in [0.717, 1.165) is 10.0 Å². The molecule has 1 nitrogen and oxygen atoms in total. The lowest BCUT2D eigenvalue weighted by Gasteiger charge is -2.19. The van der Waals surface area contributed by atoms with Gasteiger partial charge >= 0.3 is 0 Å². The lowest BCUT2D eigenvalue weighted by Crippen LogP contribution is -2.19. The van der Waals surface area contributed by atoms with Crippen LogP contribution in [0.3, 0.4) is 0 Å². The van der Waals surface area contributed by atoms with Gasteiger partial charge in [-0.25, -0.2) is 0 Å². The maximum absolute atomic E-state index is 12.2. The van der Waals surface area contributed by atoms with Crippen LogP contribution in [-0.4, -0.2) is 16.3 Å². The number of hydrogen-bond acceptors (Lipinski definition) is 2. The molecule has 0 heterocycles. The number of Topliss-reactive ketones (excluding diaryl/α,β-unsaturated/α-hetero) is 1. The molecule has 0 radical (unpaired) electrons. The van der Waals surface area contributed by atoms with Crippen LogP contribution in [0.5, 0.6) is 0 Å². The molecular formula is C14H19BrOS. The topological polar surface area (TPSA) is 17.1 Å². The van der Waals surface area contributed by atoms with Crippen LogP contribution in [-0.2, 0) is 0 Å². The van der Waals surface area contributed by atoms with Crippen molar-refractivity contribution >= 4 is 33.5 Å². The summed E-state index contributed by atoms with van der Waals surface area (Å²) in [6, 6.07) is 7.58. The van der Waals surface area contributed by atoms with Crippen LogP contribution in [0.25, 0.3) is 0 Å². The molecule has 0 fully saturated rings. The third kappa shape index (κ3) is 4.47. The molecule has 0 saturated carbocycles. The highest BCUT2D eigenvalue weighted by Gasteiger charge is 2.19. The van der Waals surface area contributed by atoms with Gasteiger partial charge in [-0.1, -0.05) is 48.8 Å². The molecule has 0 aromatic heterocycles. The zero-order chi connectivity index (χ0) is 13.0. The summed E-state index contributed by atoms with van der Waals surface area (Å²) in [7, 11) is 0. The van der Waals surface area contributed by atoms with Gasteiger partial charge in [0.25, 0.3) is 0 Å². The van der Waals surface area contributed by atoms with E-state index in [1.807, 2.05) is 31.2 Å². The van der Waals surface area contributed by atoms with Gasteiger partial charge < -0.3 is 0 Å². The van der Waals surface area contributed by atoms with Crippen LogP contribution < -0.4 is 0 Å². The SMILES string of the molecule is CC(SC(C)C(C)C)C(=O)c1ccc(Br)cc1. The highest BCUT2D eigenvalue weighted by molar-refractivity contribution is 9.10. The predicted octanol–water partition coefficient (Wildman–Crippen LogP) is 4.80. The first-order valence-corrected chi connectivity index (χ1v) is 7.60. The highest BCUT2D eigenvalue weighted by atomic mass is 79.9. The Hall–Kier alpha value is -0.280. The summed E-state index contributed by atoms with van der Waals surface area (Å²) in [4.78, 5) is 12.2. The van der Waals surface area contributed by atoms with E-state index in [1.54, 1.807) is 11.8 Å². The molecule has 0 aliphatic carbocycles. The van der Waals surface area contributed by atoms with E-state index in [9.17, 15) is 4.79 Å². The van der Waals surface area contributed by atoms with Crippen molar-refractivity contribution in [1.29, 1.82) is 0 Å². The largest absolute Gasteiger partial charge is 0.293 e. The lowest BCUT2D eigenvalue weighted by molar-refractivity contribution is 0.0993. The van der Waals surface area contributed by atoms with E-state index in [1.165, 1.54) is 0 Å². The molecule has 94 valence electrons. The summed E-state index contributed by atoms with van der Waals surface area (Å²) in [5.74, 6) is 0.815. The van der Waals surface area contributed by atoms with E-state index in [4.69, 9.17) is 0 Å². The molecule has 2 unspecified atom stereocenters. The Morgan fingerprint density at radius 2 is 1.65 bits per heavy atom. The van der Waals surface area contributed by atoms with Crippen LogP contribution in [0.4, 0.5) is 0 Å². The second kappa shape index (κ2) is 6.60. The Labute approximate surface area is 117 Å². The van der Waals surface area contributed by atoms with Gasteiger partial charge in [-0.2, -0.15) is 0 Å². The predicted molar refractivity (Wildman–Crippen MR) is 79.8 cm³/mol. The number of ketones is 1. The first-order chi connectivity index (χ1) is 7.91. The van der Waals surface area contributed by atoms with Gasteiger partial charge in [-0.3, -0.25) is 4.79 Å². The quantitative estimate of drug-likeness (QED) is 0.726. The number of thioether (sulfide) groups is 1. The fourth-order valence-electron chi connectivity index (χ4n) is 1.39. The second-order valence-electron chi connectivity index (χ2n) is 4.60. The van der Waals surface area contributed by atoms with Gasteiger partial charge in [0.1, 0.15) is 0 Å². The zero-order valence-electron chi connectivity index (χ0n) is 10.7. The number of hydrogen-bond donors (Lipinski definition) is 0. The minimum absolute atomic E-state index is 0.0218. The summed E-state index contributed by atoms with van der Waals surface area (Å²) >= 11 is 5.13. The first-order valence-electron chi connectivity index (χ1n) is 5.87. The van der Waals surface area contributed by atoms with Crippen molar-refractivity contribution < 1.29 is 4.79 Å². The molecule has 1 aromatic carbocycles. The number of benzene rings is 1. The van der Waals surface area contributed by atoms with Crippen molar-refractivity contribution in [1.82, 2.24) is 0 Å². The summed E-state index contributed by atoms with van der Waals surface area (Å²) in [5, 5.41) is 0.526. The Balaban J connectivity index is 2.66. The standard InChI is InChI=1S/C14H19BrOS/c1-9(2)10(3)17-11(4)14(16)12-5-7-13(15)8-6-12/h5-11H,1-4H3. The molecular weight excluding hydrogens is 296 g/mol. The lowest BCUT2D eigenvalue weighted by atomic mass is 10.1. The van der Waals surface area contributed by atoms with Crippen LogP contribution in [0, 0.1) is 5.92 Å². The maximum Gasteiger partial charge on any atom is 0.175 e. The Kier molecular flexibility index (Phi) is 5.74. The molecule has 1 aromatic rings. The summed E-state index contributed by atoms with van der Waals surface area (Å²) < 4.78 is 1.00. The molecule has 3 heteroatoms. The molecule has 0 N–H and O–H groups in total. The van der Waals surface area contributed by atoms with Gasteiger partial charge in [0, 0.05) is 15.3 Å². The molecule has 0 spiro atoms. The summed E-state index contributed by atoms with van der Waals surface area (Å²) in [6.07, 6.45) is 0. The van der Waals surface area contributed by atoms with Crippen molar-refractivity contribution in [2.45, 2.75) is 38.2 Å². The second-order valence-corrected chi connectivity index (χ2v) is 7.24. The minimum atomic E-state index is 0.0218. The Morgan fingerprint density at radius 3 is 2.12 bits per heavy atom. The molecule has 0 aliphatic rings. The van der Waals surface area contributed by atoms with Gasteiger partial charge in [-0.05, 0) is 25.0 Å². The third-order valence-corrected chi connectivity index (χ3v) is 4.98. The Bertz CT molecular complexity index is 372. The van der Waals surface area contributed by atoms with Gasteiger partial charge in [-0.15, -0.1) is 11.8 Å². The van der Waals surface area contributed by atoms with Crippen molar-refractivity contribution in [3.63, 3.8) is 0 Å². The van der Waals surface area contributed by atoms with E-state index in [2.05, 4.69) is 36.7 Å². The van der Waals surface area contributed by atoms with E-state index in [0.29, 0.717) is 11.2 Å². The monoisotopic (exact) mass is 314 g/mol. The van der Waals surface area contributed by atoms with Crippen LogP contribution in [0.2, 0.25) is 0 Å². The molecule has 0 aliphatic heterocycles. The molecule has 0 saturated heterocycles. The highest BCUT2D eigenvalue weighted by Crippen LogP contribution is 2.26. The summed E-state index contributed by atoms with van der Waals surface area (Å²) in [6.45, 7) is 8.55. The van der Waals surface area contributed by atoms with E-state index < -0.39 is 0 Å². The van der Waals surface area contributed by atoms with Crippen LogP contribution in [0.1, 0.15) is 38.1 Å². The number of carbonyl (C=O) groups is 1. The van der Waals surface area contributed by atoms with Gasteiger partial charge in [0.2, 0.25) is 0 Å². The number of rotatable bonds is 5. The van der Waals surface area contributed by atoms with Gasteiger partial charge in [0.05, 0.1) is 5.25 Å². The molecule has 0 amide bonds. The van der Waals surface area contributed by atoms with Crippen LogP contribution in [0.15, 0.2) is 28.7 Å². The van der Waals surface area contributed by atoms with E-state index >= 15 is 0 Å². The average Bonchev–Trinajstić information content (AvgIpc) is 2.28. The number of carbonyl (C=O) groups excluding carboxylic acids is 1. The smallest absolute Gasteiger partial charge is 0.175 e. The van der Waals surface area contributed by atoms with E-state index in [-0.39, 0.29) is 11.0 Å². The zero-order valence-corrected chi connectivity index (χ0v) is 13.1. The first kappa shape index (κ1) is 14.8. The van der Waals surface area contributed by atoms with Crippen molar-refractivity contribution in [2.24, 2.45) is 5.92 Å². The van der Waals surface area contributed by atoms with Gasteiger partial charge in [0.15, 0.2) is 5.78 Å². The normalized spacial score (nSPS) is 14.7. The van der Waals surface area contributed by atoms with Crippen molar-refractivity contribution in [2.75, 3.05) is 0 Å².